The Morgan fingerprint density at radius 2 is 2.12 bits per heavy atom. The smallest absolute Gasteiger partial charge is 0.123 e. The second-order valence-electron chi connectivity index (χ2n) is 4.70. The van der Waals surface area contributed by atoms with Crippen LogP contribution in [0.4, 0.5) is 4.39 Å². The normalized spacial score (nSPS) is 26.9. The van der Waals surface area contributed by atoms with Gasteiger partial charge in [0.2, 0.25) is 0 Å². The quantitative estimate of drug-likeness (QED) is 0.853. The van der Waals surface area contributed by atoms with Gasteiger partial charge in [-0.05, 0) is 43.9 Å². The van der Waals surface area contributed by atoms with Crippen LogP contribution in [0.3, 0.4) is 0 Å². The zero-order valence-corrected chi connectivity index (χ0v) is 9.58. The van der Waals surface area contributed by atoms with Crippen LogP contribution in [0.25, 0.3) is 0 Å². The van der Waals surface area contributed by atoms with E-state index in [0.717, 1.165) is 31.4 Å². The molecular formula is C13H18FNO. The summed E-state index contributed by atoms with van der Waals surface area (Å²) in [5, 5.41) is 0. The molecule has 1 aliphatic rings. The second-order valence-corrected chi connectivity index (χ2v) is 4.70. The third kappa shape index (κ3) is 2.42. The molecule has 2 unspecified atom stereocenters. The first-order chi connectivity index (χ1) is 7.60. The first-order valence-corrected chi connectivity index (χ1v) is 5.74. The lowest BCUT2D eigenvalue weighted by atomic mass is 9.89. The largest absolute Gasteiger partial charge is 0.374 e. The Bertz CT molecular complexity index is 343. The molecule has 16 heavy (non-hydrogen) atoms. The van der Waals surface area contributed by atoms with Crippen LogP contribution in [0.2, 0.25) is 0 Å². The van der Waals surface area contributed by atoms with E-state index in [-0.39, 0.29) is 17.5 Å². The van der Waals surface area contributed by atoms with Gasteiger partial charge in [-0.15, -0.1) is 0 Å². The third-order valence-electron chi connectivity index (χ3n) is 3.40. The minimum absolute atomic E-state index is 0.0274. The van der Waals surface area contributed by atoms with Crippen molar-refractivity contribution in [3.05, 3.63) is 35.6 Å². The molecule has 2 N–H and O–H groups in total. The molecule has 1 heterocycles. The molecule has 0 bridgehead atoms. The fourth-order valence-corrected chi connectivity index (χ4v) is 2.18. The fourth-order valence-electron chi connectivity index (χ4n) is 2.18. The molecule has 0 aliphatic carbocycles. The van der Waals surface area contributed by atoms with E-state index in [1.54, 1.807) is 12.1 Å². The Morgan fingerprint density at radius 1 is 1.44 bits per heavy atom. The molecule has 2 rings (SSSR count). The molecule has 0 spiro atoms. The van der Waals surface area contributed by atoms with Crippen LogP contribution in [0, 0.1) is 5.82 Å². The van der Waals surface area contributed by atoms with Crippen LogP contribution < -0.4 is 5.73 Å². The molecular weight excluding hydrogens is 205 g/mol. The van der Waals surface area contributed by atoms with Crippen LogP contribution in [0.1, 0.15) is 25.3 Å². The van der Waals surface area contributed by atoms with Crippen molar-refractivity contribution >= 4 is 0 Å². The average Bonchev–Trinajstić information content (AvgIpc) is 2.70. The van der Waals surface area contributed by atoms with Gasteiger partial charge in [0.25, 0.3) is 0 Å². The van der Waals surface area contributed by atoms with Gasteiger partial charge in [-0.25, -0.2) is 4.39 Å². The molecule has 1 saturated heterocycles. The van der Waals surface area contributed by atoms with Crippen molar-refractivity contribution in [2.24, 2.45) is 5.73 Å². The molecule has 0 saturated carbocycles. The minimum atomic E-state index is -0.214. The number of halogens is 1. The highest BCUT2D eigenvalue weighted by atomic mass is 19.1. The van der Waals surface area contributed by atoms with E-state index in [9.17, 15) is 4.39 Å². The lowest BCUT2D eigenvalue weighted by Gasteiger charge is -2.30. The van der Waals surface area contributed by atoms with Gasteiger partial charge in [-0.1, -0.05) is 12.1 Å². The van der Waals surface area contributed by atoms with Gasteiger partial charge < -0.3 is 10.5 Å². The van der Waals surface area contributed by atoms with Crippen molar-refractivity contribution < 1.29 is 9.13 Å². The van der Waals surface area contributed by atoms with Crippen LogP contribution in [0.5, 0.6) is 0 Å². The topological polar surface area (TPSA) is 35.2 Å². The molecule has 1 aliphatic heterocycles. The monoisotopic (exact) mass is 223 g/mol. The second kappa shape index (κ2) is 4.52. The predicted octanol–water partition coefficient (Wildman–Crippen LogP) is 2.26. The van der Waals surface area contributed by atoms with Crippen LogP contribution in [-0.2, 0) is 11.2 Å². The van der Waals surface area contributed by atoms with E-state index in [4.69, 9.17) is 10.5 Å². The molecule has 0 amide bonds. The summed E-state index contributed by atoms with van der Waals surface area (Å²) in [6.07, 6.45) is 2.82. The van der Waals surface area contributed by atoms with E-state index < -0.39 is 0 Å². The van der Waals surface area contributed by atoms with E-state index in [1.165, 1.54) is 12.1 Å². The predicted molar refractivity (Wildman–Crippen MR) is 61.7 cm³/mol. The van der Waals surface area contributed by atoms with Gasteiger partial charge in [0.05, 0.1) is 5.60 Å². The van der Waals surface area contributed by atoms with Crippen molar-refractivity contribution in [1.29, 1.82) is 0 Å². The van der Waals surface area contributed by atoms with E-state index in [1.807, 2.05) is 0 Å². The summed E-state index contributed by atoms with van der Waals surface area (Å²) in [5.74, 6) is -0.208. The summed E-state index contributed by atoms with van der Waals surface area (Å²) in [4.78, 5) is 0. The van der Waals surface area contributed by atoms with Gasteiger partial charge in [-0.2, -0.15) is 0 Å². The first kappa shape index (κ1) is 11.6. The molecule has 1 fully saturated rings. The van der Waals surface area contributed by atoms with E-state index in [2.05, 4.69) is 6.92 Å². The first-order valence-electron chi connectivity index (χ1n) is 5.74. The number of hydrogen-bond donors (Lipinski definition) is 1. The maximum absolute atomic E-state index is 12.7. The van der Waals surface area contributed by atoms with Gasteiger partial charge in [0, 0.05) is 12.6 Å². The highest BCUT2D eigenvalue weighted by molar-refractivity contribution is 5.18. The SMILES string of the molecule is CC1(C(N)Cc2ccc(F)cc2)CCCO1. The minimum Gasteiger partial charge on any atom is -0.374 e. The van der Waals surface area contributed by atoms with Crippen LogP contribution in [0.15, 0.2) is 24.3 Å². The van der Waals surface area contributed by atoms with Crippen LogP contribution in [-0.4, -0.2) is 18.2 Å². The highest BCUT2D eigenvalue weighted by Gasteiger charge is 2.35. The maximum Gasteiger partial charge on any atom is 0.123 e. The van der Waals surface area contributed by atoms with E-state index in [0.29, 0.717) is 0 Å². The Kier molecular flexibility index (Phi) is 3.26. The molecule has 0 radical (unpaired) electrons. The zero-order chi connectivity index (χ0) is 11.6. The van der Waals surface area contributed by atoms with Gasteiger partial charge in [0.1, 0.15) is 5.82 Å². The summed E-state index contributed by atoms with van der Waals surface area (Å²) in [5.41, 5.74) is 7.01. The third-order valence-corrected chi connectivity index (χ3v) is 3.40. The molecule has 1 aromatic rings. The Morgan fingerprint density at radius 3 is 2.69 bits per heavy atom. The van der Waals surface area contributed by atoms with Crippen molar-refractivity contribution in [3.63, 3.8) is 0 Å². The fraction of sp³-hybridized carbons (Fsp3) is 0.538. The van der Waals surface area contributed by atoms with Gasteiger partial charge in [0.15, 0.2) is 0 Å². The number of benzene rings is 1. The Hall–Kier alpha value is -0.930. The van der Waals surface area contributed by atoms with Gasteiger partial charge >= 0.3 is 0 Å². The molecule has 88 valence electrons. The summed E-state index contributed by atoms with van der Waals surface area (Å²) in [6.45, 7) is 2.86. The molecule has 0 aromatic heterocycles. The average molecular weight is 223 g/mol. The number of nitrogens with two attached hydrogens (primary N) is 1. The van der Waals surface area contributed by atoms with Crippen molar-refractivity contribution in [2.45, 2.75) is 37.8 Å². The van der Waals surface area contributed by atoms with Crippen molar-refractivity contribution in [1.82, 2.24) is 0 Å². The Labute approximate surface area is 95.6 Å². The zero-order valence-electron chi connectivity index (χ0n) is 9.58. The summed E-state index contributed by atoms with van der Waals surface area (Å²) < 4.78 is 18.4. The molecule has 2 nitrogen and oxygen atoms in total. The van der Waals surface area contributed by atoms with Crippen molar-refractivity contribution in [3.8, 4) is 0 Å². The summed E-state index contributed by atoms with van der Waals surface area (Å²) >= 11 is 0. The lowest BCUT2D eigenvalue weighted by Crippen LogP contribution is -2.46. The lowest BCUT2D eigenvalue weighted by molar-refractivity contribution is -0.000905. The van der Waals surface area contributed by atoms with Crippen LogP contribution >= 0.6 is 0 Å². The van der Waals surface area contributed by atoms with Crippen molar-refractivity contribution in [2.75, 3.05) is 6.61 Å². The number of hydrogen-bond acceptors (Lipinski definition) is 2. The Balaban J connectivity index is 2.01. The van der Waals surface area contributed by atoms with Gasteiger partial charge in [-0.3, -0.25) is 0 Å². The molecule has 3 heteroatoms. The molecule has 1 aromatic carbocycles. The standard InChI is InChI=1S/C13H18FNO/c1-13(7-2-8-16-13)12(15)9-10-3-5-11(14)6-4-10/h3-6,12H,2,7-9,15H2,1H3. The summed E-state index contributed by atoms with van der Waals surface area (Å²) in [6, 6.07) is 6.49. The molecule has 2 atom stereocenters. The summed E-state index contributed by atoms with van der Waals surface area (Å²) in [7, 11) is 0. The van der Waals surface area contributed by atoms with E-state index >= 15 is 0 Å². The highest BCUT2D eigenvalue weighted by Crippen LogP contribution is 2.29. The number of ether oxygens (including phenoxy) is 1. The maximum atomic E-state index is 12.7. The number of rotatable bonds is 3.